The normalized spacial score (nSPS) is 10.4. The molecule has 1 N–H and O–H groups in total. The van der Waals surface area contributed by atoms with Gasteiger partial charge in [-0.05, 0) is 0 Å². The molecule has 2 aromatic heterocycles. The summed E-state index contributed by atoms with van der Waals surface area (Å²) in [4.78, 5) is 7.70. The molecule has 0 saturated heterocycles. The minimum absolute atomic E-state index is 0.136. The highest BCUT2D eigenvalue weighted by Gasteiger charge is 1.96. The summed E-state index contributed by atoms with van der Waals surface area (Å²) >= 11 is 0. The number of aromatic hydroxyl groups is 1. The number of nitrogens with zero attached hydrogens (tertiary/aromatic N) is 3. The van der Waals surface area contributed by atoms with Gasteiger partial charge in [0.2, 0.25) is 5.88 Å². The summed E-state index contributed by atoms with van der Waals surface area (Å²) in [5.41, 5.74) is 0.653. The van der Waals surface area contributed by atoms with Gasteiger partial charge in [-0.2, -0.15) is 0 Å². The first kappa shape index (κ1) is 5.22. The predicted molar refractivity (Wildman–Crippen MR) is 34.7 cm³/mol. The minimum Gasteiger partial charge on any atom is -0.493 e. The molecule has 0 fully saturated rings. The Kier molecular flexibility index (Phi) is 0.887. The van der Waals surface area contributed by atoms with Crippen LogP contribution in [0.3, 0.4) is 0 Å². The molecule has 0 radical (unpaired) electrons. The van der Waals surface area contributed by atoms with Gasteiger partial charge in [-0.25, -0.2) is 4.98 Å². The Morgan fingerprint density at radius 3 is 3.10 bits per heavy atom. The number of hydrogen-bond donors (Lipinski definition) is 1. The van der Waals surface area contributed by atoms with Crippen LogP contribution in [0.2, 0.25) is 0 Å². The van der Waals surface area contributed by atoms with Gasteiger partial charge < -0.3 is 5.11 Å². The summed E-state index contributed by atoms with van der Waals surface area (Å²) in [7, 11) is 0. The molecule has 0 unspecified atom stereocenters. The van der Waals surface area contributed by atoms with Crippen LogP contribution >= 0.6 is 0 Å². The van der Waals surface area contributed by atoms with Gasteiger partial charge in [0, 0.05) is 12.4 Å². The SMILES string of the molecule is Oc1cnc2cnccn12. The Morgan fingerprint density at radius 1 is 1.40 bits per heavy atom. The summed E-state index contributed by atoms with van der Waals surface area (Å²) in [6.45, 7) is 0. The highest BCUT2D eigenvalue weighted by atomic mass is 16.3. The first-order valence-electron chi connectivity index (χ1n) is 2.84. The van der Waals surface area contributed by atoms with Crippen molar-refractivity contribution in [3.05, 3.63) is 24.8 Å². The van der Waals surface area contributed by atoms with Crippen LogP contribution in [0.1, 0.15) is 0 Å². The molecule has 0 aliphatic rings. The average Bonchev–Trinajstić information content (AvgIpc) is 2.34. The highest BCUT2D eigenvalue weighted by molar-refractivity contribution is 5.38. The van der Waals surface area contributed by atoms with Crippen molar-refractivity contribution in [1.29, 1.82) is 0 Å². The van der Waals surface area contributed by atoms with Crippen molar-refractivity contribution < 1.29 is 5.11 Å². The smallest absolute Gasteiger partial charge is 0.215 e. The fraction of sp³-hybridized carbons (Fsp3) is 0. The summed E-state index contributed by atoms with van der Waals surface area (Å²) in [6.07, 6.45) is 6.21. The standard InChI is InChI=1S/C6H5N3O/c10-6-4-8-5-3-7-1-2-9(5)6/h1-4,10H. The van der Waals surface area contributed by atoms with E-state index in [0.29, 0.717) is 5.65 Å². The zero-order valence-corrected chi connectivity index (χ0v) is 5.10. The van der Waals surface area contributed by atoms with E-state index in [1.54, 1.807) is 23.0 Å². The molecule has 0 atom stereocenters. The zero-order chi connectivity index (χ0) is 6.97. The molecule has 0 aliphatic carbocycles. The van der Waals surface area contributed by atoms with E-state index in [1.807, 2.05) is 0 Å². The topological polar surface area (TPSA) is 50.4 Å². The largest absolute Gasteiger partial charge is 0.493 e. The maximum atomic E-state index is 9.08. The second kappa shape index (κ2) is 1.70. The quantitative estimate of drug-likeness (QED) is 0.570. The third-order valence-corrected chi connectivity index (χ3v) is 1.30. The van der Waals surface area contributed by atoms with Crippen LogP contribution in [0.25, 0.3) is 5.65 Å². The van der Waals surface area contributed by atoms with E-state index in [0.717, 1.165) is 0 Å². The summed E-state index contributed by atoms with van der Waals surface area (Å²) in [5, 5.41) is 9.08. The maximum absolute atomic E-state index is 9.08. The van der Waals surface area contributed by atoms with Gasteiger partial charge in [-0.1, -0.05) is 0 Å². The van der Waals surface area contributed by atoms with E-state index < -0.39 is 0 Å². The molecule has 2 heterocycles. The Balaban J connectivity index is 2.93. The second-order valence-corrected chi connectivity index (χ2v) is 1.92. The lowest BCUT2D eigenvalue weighted by Crippen LogP contribution is -1.82. The number of fused-ring (bicyclic) bond motifs is 1. The third-order valence-electron chi connectivity index (χ3n) is 1.30. The van der Waals surface area contributed by atoms with Crippen molar-refractivity contribution >= 4 is 5.65 Å². The highest BCUT2D eigenvalue weighted by Crippen LogP contribution is 2.08. The van der Waals surface area contributed by atoms with Crippen molar-refractivity contribution in [3.63, 3.8) is 0 Å². The van der Waals surface area contributed by atoms with Gasteiger partial charge >= 0.3 is 0 Å². The molecule has 0 aliphatic heterocycles. The fourth-order valence-electron chi connectivity index (χ4n) is 0.829. The van der Waals surface area contributed by atoms with Crippen molar-refractivity contribution in [2.24, 2.45) is 0 Å². The molecule has 0 amide bonds. The minimum atomic E-state index is 0.136. The molecular formula is C6H5N3O. The van der Waals surface area contributed by atoms with Gasteiger partial charge in [0.05, 0.1) is 12.4 Å². The van der Waals surface area contributed by atoms with E-state index in [2.05, 4.69) is 9.97 Å². The molecule has 10 heavy (non-hydrogen) atoms. The number of hydrogen-bond acceptors (Lipinski definition) is 3. The van der Waals surface area contributed by atoms with Gasteiger partial charge in [0.1, 0.15) is 0 Å². The van der Waals surface area contributed by atoms with Crippen molar-refractivity contribution in [2.45, 2.75) is 0 Å². The van der Waals surface area contributed by atoms with E-state index >= 15 is 0 Å². The second-order valence-electron chi connectivity index (χ2n) is 1.92. The van der Waals surface area contributed by atoms with Crippen molar-refractivity contribution in [2.75, 3.05) is 0 Å². The van der Waals surface area contributed by atoms with Gasteiger partial charge in [0.15, 0.2) is 5.65 Å². The van der Waals surface area contributed by atoms with E-state index in [1.165, 1.54) is 6.20 Å². The average molecular weight is 135 g/mol. The van der Waals surface area contributed by atoms with E-state index in [-0.39, 0.29) is 5.88 Å². The molecule has 4 heteroatoms. The van der Waals surface area contributed by atoms with E-state index in [9.17, 15) is 0 Å². The van der Waals surface area contributed by atoms with Crippen molar-refractivity contribution in [3.8, 4) is 5.88 Å². The monoisotopic (exact) mass is 135 g/mol. The fourth-order valence-corrected chi connectivity index (χ4v) is 0.829. The Morgan fingerprint density at radius 2 is 2.30 bits per heavy atom. The molecule has 0 bridgehead atoms. The molecule has 0 spiro atoms. The molecular weight excluding hydrogens is 130 g/mol. The first-order valence-corrected chi connectivity index (χ1v) is 2.84. The number of imidazole rings is 1. The summed E-state index contributed by atoms with van der Waals surface area (Å²) < 4.78 is 1.55. The van der Waals surface area contributed by atoms with Crippen LogP contribution < -0.4 is 0 Å². The summed E-state index contributed by atoms with van der Waals surface area (Å²) in [6, 6.07) is 0. The van der Waals surface area contributed by atoms with Gasteiger partial charge in [-0.15, -0.1) is 0 Å². The number of aromatic nitrogens is 3. The van der Waals surface area contributed by atoms with Crippen LogP contribution in [0, 0.1) is 0 Å². The molecule has 2 rings (SSSR count). The van der Waals surface area contributed by atoms with E-state index in [4.69, 9.17) is 5.11 Å². The lowest BCUT2D eigenvalue weighted by atomic mass is 10.7. The Labute approximate surface area is 56.8 Å². The van der Waals surface area contributed by atoms with Crippen LogP contribution in [-0.4, -0.2) is 19.5 Å². The Bertz CT molecular complexity index is 355. The zero-order valence-electron chi connectivity index (χ0n) is 5.10. The predicted octanol–water partition coefficient (Wildman–Crippen LogP) is 0.435. The summed E-state index contributed by atoms with van der Waals surface area (Å²) in [5.74, 6) is 0.136. The maximum Gasteiger partial charge on any atom is 0.215 e. The van der Waals surface area contributed by atoms with Crippen molar-refractivity contribution in [1.82, 2.24) is 14.4 Å². The van der Waals surface area contributed by atoms with Crippen LogP contribution in [0.4, 0.5) is 0 Å². The number of rotatable bonds is 0. The van der Waals surface area contributed by atoms with Gasteiger partial charge in [0.25, 0.3) is 0 Å². The lowest BCUT2D eigenvalue weighted by Gasteiger charge is -1.89. The molecule has 2 aromatic rings. The van der Waals surface area contributed by atoms with Gasteiger partial charge in [-0.3, -0.25) is 9.38 Å². The third kappa shape index (κ3) is 0.556. The Hall–Kier alpha value is -1.58. The van der Waals surface area contributed by atoms with Crippen LogP contribution in [-0.2, 0) is 0 Å². The first-order chi connectivity index (χ1) is 4.88. The lowest BCUT2D eigenvalue weighted by molar-refractivity contribution is 0.448. The van der Waals surface area contributed by atoms with Crippen LogP contribution in [0.15, 0.2) is 24.8 Å². The van der Waals surface area contributed by atoms with Crippen LogP contribution in [0.5, 0.6) is 5.88 Å². The molecule has 0 aromatic carbocycles. The molecule has 50 valence electrons. The molecule has 4 nitrogen and oxygen atoms in total. The molecule has 0 saturated carbocycles.